The SMILES string of the molecule is CC(=O)Nc1cc(Cl)cc(-n2c(=O)n(C3CC3)c(=O)c3c(Nc4ccc(I)cc4F)n(C)c(=O)c(C)c32)c1. The Morgan fingerprint density at radius 3 is 2.45 bits per heavy atom. The summed E-state index contributed by atoms with van der Waals surface area (Å²) in [6.07, 6.45) is 1.29. The minimum absolute atomic E-state index is 0.0490. The van der Waals surface area contributed by atoms with Crippen LogP contribution < -0.4 is 27.4 Å². The Balaban J connectivity index is 1.92. The van der Waals surface area contributed by atoms with E-state index in [1.807, 2.05) is 22.6 Å². The normalized spacial score (nSPS) is 13.1. The number of halogens is 3. The zero-order valence-corrected chi connectivity index (χ0v) is 23.5. The molecule has 0 saturated heterocycles. The van der Waals surface area contributed by atoms with E-state index in [4.69, 9.17) is 11.6 Å². The summed E-state index contributed by atoms with van der Waals surface area (Å²) in [4.78, 5) is 52.8. The molecule has 0 radical (unpaired) electrons. The summed E-state index contributed by atoms with van der Waals surface area (Å²) in [5.41, 5.74) is -0.816. The summed E-state index contributed by atoms with van der Waals surface area (Å²) in [6, 6.07) is 8.80. The van der Waals surface area contributed by atoms with Crippen LogP contribution >= 0.6 is 34.2 Å². The summed E-state index contributed by atoms with van der Waals surface area (Å²) in [7, 11) is 1.48. The van der Waals surface area contributed by atoms with Gasteiger partial charge in [0, 0.05) is 39.9 Å². The van der Waals surface area contributed by atoms with E-state index in [-0.39, 0.29) is 50.6 Å². The molecule has 1 amide bonds. The first-order chi connectivity index (χ1) is 18.0. The number of carbonyl (C=O) groups excluding carboxylic acids is 1. The first-order valence-electron chi connectivity index (χ1n) is 11.7. The predicted octanol–water partition coefficient (Wildman–Crippen LogP) is 4.59. The number of amides is 1. The summed E-state index contributed by atoms with van der Waals surface area (Å²) in [5, 5.41) is 5.86. The summed E-state index contributed by atoms with van der Waals surface area (Å²) < 4.78 is 19.2. The molecule has 2 aromatic heterocycles. The van der Waals surface area contributed by atoms with Gasteiger partial charge < -0.3 is 10.6 Å². The molecule has 9 nitrogen and oxygen atoms in total. The molecule has 1 fully saturated rings. The fraction of sp³-hybridized carbons (Fsp3) is 0.231. The molecule has 1 saturated carbocycles. The third kappa shape index (κ3) is 4.53. The van der Waals surface area contributed by atoms with Crippen molar-refractivity contribution in [3.8, 4) is 5.69 Å². The molecular formula is C26H22ClFIN5O4. The predicted molar refractivity (Wildman–Crippen MR) is 154 cm³/mol. The van der Waals surface area contributed by atoms with Crippen molar-refractivity contribution in [1.29, 1.82) is 0 Å². The molecule has 4 aromatic rings. The van der Waals surface area contributed by atoms with Gasteiger partial charge in [0.15, 0.2) is 0 Å². The second-order valence-electron chi connectivity index (χ2n) is 9.21. The Morgan fingerprint density at radius 1 is 1.11 bits per heavy atom. The van der Waals surface area contributed by atoms with Crippen molar-refractivity contribution in [1.82, 2.24) is 13.7 Å². The zero-order valence-electron chi connectivity index (χ0n) is 20.6. The van der Waals surface area contributed by atoms with Gasteiger partial charge in [0.1, 0.15) is 17.0 Å². The number of hydrogen-bond acceptors (Lipinski definition) is 5. The van der Waals surface area contributed by atoms with Crippen molar-refractivity contribution in [3.63, 3.8) is 0 Å². The molecule has 0 unspecified atom stereocenters. The van der Waals surface area contributed by atoms with Crippen LogP contribution in [-0.4, -0.2) is 19.6 Å². The minimum Gasteiger partial charge on any atom is -0.338 e. The maximum atomic E-state index is 14.8. The van der Waals surface area contributed by atoms with E-state index in [1.165, 1.54) is 58.9 Å². The van der Waals surface area contributed by atoms with Crippen LogP contribution in [0.2, 0.25) is 5.02 Å². The smallest absolute Gasteiger partial charge is 0.336 e. The number of fused-ring (bicyclic) bond motifs is 1. The standard InChI is InChI=1S/C26H22ClFIN5O4/c1-12-22-21(23(32(3)24(12)36)31-20-7-4-15(29)10-19(20)28)25(37)34(17-5-6-17)26(38)33(22)18-9-14(27)8-16(11-18)30-13(2)35/h4,7-11,17,31H,5-6H2,1-3H3,(H,30,35). The van der Waals surface area contributed by atoms with E-state index in [0.29, 0.717) is 22.1 Å². The molecule has 0 aliphatic heterocycles. The van der Waals surface area contributed by atoms with Crippen LogP contribution in [0.15, 0.2) is 50.8 Å². The van der Waals surface area contributed by atoms with Crippen molar-refractivity contribution < 1.29 is 9.18 Å². The molecule has 1 aliphatic carbocycles. The third-order valence-corrected chi connectivity index (χ3v) is 7.29. The maximum Gasteiger partial charge on any atom is 0.336 e. The van der Waals surface area contributed by atoms with E-state index in [2.05, 4.69) is 10.6 Å². The van der Waals surface area contributed by atoms with Gasteiger partial charge in [0.2, 0.25) is 5.91 Å². The van der Waals surface area contributed by atoms with E-state index >= 15 is 0 Å². The molecule has 2 aromatic carbocycles. The first-order valence-corrected chi connectivity index (χ1v) is 13.1. The molecule has 2 N–H and O–H groups in total. The van der Waals surface area contributed by atoms with Crippen LogP contribution in [0.5, 0.6) is 0 Å². The van der Waals surface area contributed by atoms with Crippen molar-refractivity contribution in [2.24, 2.45) is 7.05 Å². The summed E-state index contributed by atoms with van der Waals surface area (Å²) >= 11 is 8.32. The van der Waals surface area contributed by atoms with Gasteiger partial charge in [-0.2, -0.15) is 0 Å². The van der Waals surface area contributed by atoms with Crippen molar-refractivity contribution in [2.45, 2.75) is 32.7 Å². The fourth-order valence-electron chi connectivity index (χ4n) is 4.55. The maximum absolute atomic E-state index is 14.8. The van der Waals surface area contributed by atoms with Gasteiger partial charge in [0.25, 0.3) is 11.1 Å². The average Bonchev–Trinajstić information content (AvgIpc) is 3.66. The van der Waals surface area contributed by atoms with Crippen LogP contribution in [0, 0.1) is 16.3 Å². The molecule has 0 atom stereocenters. The number of aryl methyl sites for hydroxylation is 1. The highest BCUT2D eigenvalue weighted by molar-refractivity contribution is 14.1. The van der Waals surface area contributed by atoms with Gasteiger partial charge >= 0.3 is 5.69 Å². The molecule has 0 bridgehead atoms. The number of aromatic nitrogens is 3. The first kappa shape index (κ1) is 26.2. The van der Waals surface area contributed by atoms with Crippen LogP contribution in [0.3, 0.4) is 0 Å². The fourth-order valence-corrected chi connectivity index (χ4v) is 5.23. The van der Waals surface area contributed by atoms with Crippen LogP contribution in [-0.2, 0) is 11.8 Å². The lowest BCUT2D eigenvalue weighted by atomic mass is 10.1. The topological polar surface area (TPSA) is 107 Å². The van der Waals surface area contributed by atoms with Gasteiger partial charge in [-0.05, 0) is 78.8 Å². The number of benzene rings is 2. The molecular weight excluding hydrogens is 628 g/mol. The molecule has 0 spiro atoms. The Kier molecular flexibility index (Phi) is 6.68. The number of anilines is 3. The van der Waals surface area contributed by atoms with Crippen LogP contribution in [0.1, 0.15) is 31.4 Å². The highest BCUT2D eigenvalue weighted by Gasteiger charge is 2.31. The van der Waals surface area contributed by atoms with E-state index in [0.717, 1.165) is 0 Å². The largest absolute Gasteiger partial charge is 0.338 e. The zero-order chi connectivity index (χ0) is 27.5. The second kappa shape index (κ2) is 9.70. The number of carbonyl (C=O) groups is 1. The van der Waals surface area contributed by atoms with E-state index in [1.54, 1.807) is 12.1 Å². The van der Waals surface area contributed by atoms with Crippen LogP contribution in [0.25, 0.3) is 16.6 Å². The Labute approximate surface area is 234 Å². The van der Waals surface area contributed by atoms with Gasteiger partial charge in [0.05, 0.1) is 16.9 Å². The van der Waals surface area contributed by atoms with Crippen molar-refractivity contribution >= 4 is 68.2 Å². The van der Waals surface area contributed by atoms with Gasteiger partial charge in [-0.1, -0.05) is 11.6 Å². The van der Waals surface area contributed by atoms with Crippen molar-refractivity contribution in [2.75, 3.05) is 10.6 Å². The highest BCUT2D eigenvalue weighted by atomic mass is 127. The number of rotatable bonds is 5. The Morgan fingerprint density at radius 2 is 1.82 bits per heavy atom. The lowest BCUT2D eigenvalue weighted by Crippen LogP contribution is -2.41. The minimum atomic E-state index is -0.635. The summed E-state index contributed by atoms with van der Waals surface area (Å²) in [5.74, 6) is -0.855. The highest BCUT2D eigenvalue weighted by Crippen LogP contribution is 2.34. The van der Waals surface area contributed by atoms with E-state index in [9.17, 15) is 23.6 Å². The quantitative estimate of drug-likeness (QED) is 0.308. The van der Waals surface area contributed by atoms with Crippen molar-refractivity contribution in [3.05, 3.63) is 87.6 Å². The number of pyridine rings is 1. The molecule has 12 heteroatoms. The number of hydrogen-bond donors (Lipinski definition) is 2. The lowest BCUT2D eigenvalue weighted by Gasteiger charge is -2.21. The third-order valence-electron chi connectivity index (χ3n) is 6.40. The van der Waals surface area contributed by atoms with Gasteiger partial charge in [-0.3, -0.25) is 28.1 Å². The second-order valence-corrected chi connectivity index (χ2v) is 10.9. The van der Waals surface area contributed by atoms with Gasteiger partial charge in [-0.15, -0.1) is 0 Å². The Bertz CT molecular complexity index is 1840. The molecule has 196 valence electrons. The average molecular weight is 650 g/mol. The number of nitrogens with zero attached hydrogens (tertiary/aromatic N) is 3. The van der Waals surface area contributed by atoms with Gasteiger partial charge in [-0.25, -0.2) is 9.18 Å². The molecule has 1 aliphatic rings. The number of nitrogens with one attached hydrogen (secondary N) is 2. The monoisotopic (exact) mass is 649 g/mol. The molecule has 5 rings (SSSR count). The van der Waals surface area contributed by atoms with E-state index < -0.39 is 22.6 Å². The molecule has 2 heterocycles. The molecule has 38 heavy (non-hydrogen) atoms. The van der Waals surface area contributed by atoms with Crippen LogP contribution in [0.4, 0.5) is 21.6 Å². The lowest BCUT2D eigenvalue weighted by molar-refractivity contribution is -0.114. The Hall–Kier alpha value is -3.45. The summed E-state index contributed by atoms with van der Waals surface area (Å²) in [6.45, 7) is 2.86.